The molecule has 0 saturated carbocycles. The number of nitrogens with zero attached hydrogens (tertiary/aromatic N) is 1. The minimum Gasteiger partial charge on any atom is -0.224 e. The molecule has 0 spiro atoms. The van der Waals surface area contributed by atoms with Gasteiger partial charge in [-0.1, -0.05) is 11.6 Å². The average molecular weight is 216 g/mol. The molecule has 5 heteroatoms. The van der Waals surface area contributed by atoms with E-state index in [1.807, 2.05) is 0 Å². The van der Waals surface area contributed by atoms with Crippen LogP contribution in [-0.2, 0) is 9.84 Å². The number of benzene rings is 1. The largest absolute Gasteiger partial charge is 0.224 e. The first-order valence-electron chi connectivity index (χ1n) is 3.35. The zero-order chi connectivity index (χ0) is 10.1. The Balaban J connectivity index is 3.53. The predicted octanol–water partition coefficient (Wildman–Crippen LogP) is 1.62. The lowest BCUT2D eigenvalue weighted by molar-refractivity contribution is 0.601. The van der Waals surface area contributed by atoms with Gasteiger partial charge in [-0.25, -0.2) is 8.42 Å². The molecule has 3 nitrogen and oxygen atoms in total. The van der Waals surface area contributed by atoms with E-state index >= 15 is 0 Å². The van der Waals surface area contributed by atoms with Crippen molar-refractivity contribution < 1.29 is 8.42 Å². The maximum Gasteiger partial charge on any atom is 0.176 e. The maximum atomic E-state index is 11.2. The second-order valence-corrected chi connectivity index (χ2v) is 4.95. The third-order valence-electron chi connectivity index (χ3n) is 1.46. The normalized spacial score (nSPS) is 10.8. The summed E-state index contributed by atoms with van der Waals surface area (Å²) in [6.07, 6.45) is 1.04. The number of nitriles is 1. The molecule has 68 valence electrons. The molecule has 0 aliphatic rings. The highest BCUT2D eigenvalue weighted by atomic mass is 35.5. The van der Waals surface area contributed by atoms with Crippen LogP contribution < -0.4 is 0 Å². The van der Waals surface area contributed by atoms with Gasteiger partial charge in [0.05, 0.1) is 10.5 Å². The van der Waals surface area contributed by atoms with Gasteiger partial charge < -0.3 is 0 Å². The van der Waals surface area contributed by atoms with Crippen molar-refractivity contribution in [2.45, 2.75) is 4.90 Å². The Bertz CT molecular complexity index is 473. The van der Waals surface area contributed by atoms with Gasteiger partial charge >= 0.3 is 0 Å². The molecule has 0 aliphatic carbocycles. The molecule has 0 atom stereocenters. The van der Waals surface area contributed by atoms with E-state index in [0.29, 0.717) is 5.02 Å². The first kappa shape index (κ1) is 10.0. The summed E-state index contributed by atoms with van der Waals surface area (Å²) in [6, 6.07) is 5.93. The van der Waals surface area contributed by atoms with Crippen LogP contribution in [0.1, 0.15) is 5.56 Å². The molecule has 0 N–H and O–H groups in total. The van der Waals surface area contributed by atoms with Crippen LogP contribution in [0.25, 0.3) is 0 Å². The lowest BCUT2D eigenvalue weighted by atomic mass is 10.2. The van der Waals surface area contributed by atoms with Gasteiger partial charge in [-0.2, -0.15) is 5.26 Å². The van der Waals surface area contributed by atoms with E-state index in [4.69, 9.17) is 16.9 Å². The Kier molecular flexibility index (Phi) is 2.60. The van der Waals surface area contributed by atoms with E-state index in [1.165, 1.54) is 18.2 Å². The number of rotatable bonds is 1. The summed E-state index contributed by atoms with van der Waals surface area (Å²) < 4.78 is 22.3. The molecular weight excluding hydrogens is 210 g/mol. The first-order chi connectivity index (χ1) is 5.95. The van der Waals surface area contributed by atoms with Crippen LogP contribution in [0.2, 0.25) is 5.02 Å². The van der Waals surface area contributed by atoms with Crippen molar-refractivity contribution in [3.8, 4) is 6.07 Å². The standard InChI is InChI=1S/C8H6ClNO2S/c1-13(11,12)8-4-7(9)3-2-6(8)5-10/h2-4H,1H3. The van der Waals surface area contributed by atoms with Crippen molar-refractivity contribution in [2.24, 2.45) is 0 Å². The zero-order valence-electron chi connectivity index (χ0n) is 6.78. The van der Waals surface area contributed by atoms with Gasteiger partial charge in [0.15, 0.2) is 9.84 Å². The van der Waals surface area contributed by atoms with Crippen molar-refractivity contribution in [1.82, 2.24) is 0 Å². The monoisotopic (exact) mass is 215 g/mol. The third-order valence-corrected chi connectivity index (χ3v) is 2.84. The Hall–Kier alpha value is -1.05. The van der Waals surface area contributed by atoms with Gasteiger partial charge in [0.1, 0.15) is 6.07 Å². The lowest BCUT2D eigenvalue weighted by Crippen LogP contribution is -2.00. The molecule has 0 saturated heterocycles. The van der Waals surface area contributed by atoms with Crippen molar-refractivity contribution in [1.29, 1.82) is 5.26 Å². The summed E-state index contributed by atoms with van der Waals surface area (Å²) in [7, 11) is -3.38. The highest BCUT2D eigenvalue weighted by Crippen LogP contribution is 2.19. The zero-order valence-corrected chi connectivity index (χ0v) is 8.35. The first-order valence-corrected chi connectivity index (χ1v) is 5.62. The number of halogens is 1. The van der Waals surface area contributed by atoms with Crippen LogP contribution in [0.15, 0.2) is 23.1 Å². The van der Waals surface area contributed by atoms with Crippen LogP contribution in [-0.4, -0.2) is 14.7 Å². The highest BCUT2D eigenvalue weighted by molar-refractivity contribution is 7.90. The summed E-state index contributed by atoms with van der Waals surface area (Å²) in [5.74, 6) is 0. The molecule has 1 aromatic carbocycles. The number of sulfone groups is 1. The van der Waals surface area contributed by atoms with Crippen LogP contribution in [0.5, 0.6) is 0 Å². The molecule has 0 amide bonds. The molecule has 13 heavy (non-hydrogen) atoms. The molecule has 0 unspecified atom stereocenters. The minimum atomic E-state index is -3.38. The topological polar surface area (TPSA) is 57.9 Å². The molecule has 0 radical (unpaired) electrons. The van der Waals surface area contributed by atoms with E-state index in [9.17, 15) is 8.42 Å². The second kappa shape index (κ2) is 3.36. The third kappa shape index (κ3) is 2.20. The van der Waals surface area contributed by atoms with Crippen molar-refractivity contribution in [2.75, 3.05) is 6.26 Å². The van der Waals surface area contributed by atoms with Gasteiger partial charge in [-0.15, -0.1) is 0 Å². The molecule has 1 rings (SSSR count). The van der Waals surface area contributed by atoms with Crippen LogP contribution in [0.4, 0.5) is 0 Å². The molecule has 0 aromatic heterocycles. The summed E-state index contributed by atoms with van der Waals surface area (Å²) in [5.41, 5.74) is 0.118. The molecule has 0 heterocycles. The molecule has 0 fully saturated rings. The van der Waals surface area contributed by atoms with E-state index in [2.05, 4.69) is 0 Å². The van der Waals surface area contributed by atoms with Gasteiger partial charge in [-0.05, 0) is 18.2 Å². The second-order valence-electron chi connectivity index (χ2n) is 2.52. The van der Waals surface area contributed by atoms with E-state index in [-0.39, 0.29) is 10.5 Å². The minimum absolute atomic E-state index is 0.0255. The van der Waals surface area contributed by atoms with Crippen LogP contribution in [0.3, 0.4) is 0 Å². The van der Waals surface area contributed by atoms with Crippen LogP contribution in [0, 0.1) is 11.3 Å². The SMILES string of the molecule is CS(=O)(=O)c1cc(Cl)ccc1C#N. The van der Waals surface area contributed by atoms with Crippen LogP contribution >= 0.6 is 11.6 Å². The maximum absolute atomic E-state index is 11.2. The molecule has 0 bridgehead atoms. The fourth-order valence-corrected chi connectivity index (χ4v) is 1.99. The average Bonchev–Trinajstić information content (AvgIpc) is 2.03. The fourth-order valence-electron chi connectivity index (χ4n) is 0.895. The Labute approximate surface area is 81.5 Å². The molecule has 1 aromatic rings. The lowest BCUT2D eigenvalue weighted by Gasteiger charge is -2.00. The summed E-state index contributed by atoms with van der Waals surface area (Å²) in [4.78, 5) is -0.0255. The van der Waals surface area contributed by atoms with Gasteiger partial charge in [0.2, 0.25) is 0 Å². The molecule has 0 aliphatic heterocycles. The quantitative estimate of drug-likeness (QED) is 0.715. The van der Waals surface area contributed by atoms with Gasteiger partial charge in [-0.3, -0.25) is 0 Å². The number of hydrogen-bond acceptors (Lipinski definition) is 3. The summed E-state index contributed by atoms with van der Waals surface area (Å²) >= 11 is 5.61. The van der Waals surface area contributed by atoms with Crippen molar-refractivity contribution in [3.63, 3.8) is 0 Å². The van der Waals surface area contributed by atoms with Gasteiger partial charge in [0.25, 0.3) is 0 Å². The van der Waals surface area contributed by atoms with Gasteiger partial charge in [0, 0.05) is 11.3 Å². The smallest absolute Gasteiger partial charge is 0.176 e. The Morgan fingerprint density at radius 2 is 2.08 bits per heavy atom. The summed E-state index contributed by atoms with van der Waals surface area (Å²) in [5, 5.41) is 8.92. The van der Waals surface area contributed by atoms with Crippen molar-refractivity contribution >= 4 is 21.4 Å². The molecular formula is C8H6ClNO2S. The Morgan fingerprint density at radius 1 is 1.46 bits per heavy atom. The van der Waals surface area contributed by atoms with E-state index in [0.717, 1.165) is 6.26 Å². The summed E-state index contributed by atoms with van der Waals surface area (Å²) in [6.45, 7) is 0. The Morgan fingerprint density at radius 3 is 2.54 bits per heavy atom. The van der Waals surface area contributed by atoms with E-state index < -0.39 is 9.84 Å². The number of hydrogen-bond donors (Lipinski definition) is 0. The van der Waals surface area contributed by atoms with E-state index in [1.54, 1.807) is 6.07 Å². The fraction of sp³-hybridized carbons (Fsp3) is 0.125. The highest BCUT2D eigenvalue weighted by Gasteiger charge is 2.13. The predicted molar refractivity (Wildman–Crippen MR) is 49.3 cm³/mol. The van der Waals surface area contributed by atoms with Crippen molar-refractivity contribution in [3.05, 3.63) is 28.8 Å².